The highest BCUT2D eigenvalue weighted by Crippen LogP contribution is 2.27. The van der Waals surface area contributed by atoms with Gasteiger partial charge in [0.25, 0.3) is 0 Å². The molecule has 1 aromatic carbocycles. The van der Waals surface area contributed by atoms with Gasteiger partial charge in [-0.1, -0.05) is 12.1 Å². The molecule has 0 aromatic heterocycles. The topological polar surface area (TPSA) is 61.6 Å². The summed E-state index contributed by atoms with van der Waals surface area (Å²) in [7, 11) is 0. The number of amides is 2. The minimum atomic E-state index is 0.0951. The smallest absolute Gasteiger partial charge is 0.317 e. The van der Waals surface area contributed by atoms with E-state index < -0.39 is 0 Å². The van der Waals surface area contributed by atoms with Crippen molar-refractivity contribution in [2.75, 3.05) is 36.8 Å². The van der Waals surface area contributed by atoms with Crippen LogP contribution in [0.5, 0.6) is 0 Å². The van der Waals surface area contributed by atoms with Gasteiger partial charge in [0, 0.05) is 32.2 Å². The normalized spacial score (nSPS) is 20.7. The summed E-state index contributed by atoms with van der Waals surface area (Å²) in [6.07, 6.45) is 2.03. The molecular formula is C14H20N4O. The van der Waals surface area contributed by atoms with E-state index in [1.165, 1.54) is 0 Å². The van der Waals surface area contributed by atoms with E-state index in [1.807, 2.05) is 23.1 Å². The van der Waals surface area contributed by atoms with Crippen LogP contribution in [-0.2, 0) is 0 Å². The van der Waals surface area contributed by atoms with Crippen LogP contribution in [0.3, 0.4) is 0 Å². The van der Waals surface area contributed by atoms with Crippen molar-refractivity contribution in [2.24, 2.45) is 0 Å². The molecule has 0 unspecified atom stereocenters. The van der Waals surface area contributed by atoms with Crippen molar-refractivity contribution in [1.82, 2.24) is 10.2 Å². The lowest BCUT2D eigenvalue weighted by Gasteiger charge is -2.37. The summed E-state index contributed by atoms with van der Waals surface area (Å²) in [5.74, 6) is 0. The number of urea groups is 1. The van der Waals surface area contributed by atoms with E-state index in [2.05, 4.69) is 16.3 Å². The Bertz CT molecular complexity index is 468. The van der Waals surface area contributed by atoms with E-state index >= 15 is 0 Å². The molecule has 1 aromatic rings. The summed E-state index contributed by atoms with van der Waals surface area (Å²) in [5.41, 5.74) is 7.96. The summed E-state index contributed by atoms with van der Waals surface area (Å²) < 4.78 is 0. The molecule has 2 aliphatic rings. The van der Waals surface area contributed by atoms with E-state index in [0.717, 1.165) is 50.4 Å². The molecule has 5 heteroatoms. The van der Waals surface area contributed by atoms with Crippen LogP contribution in [0.15, 0.2) is 24.3 Å². The number of hydrogen-bond donors (Lipinski definition) is 2. The Morgan fingerprint density at radius 3 is 2.53 bits per heavy atom. The van der Waals surface area contributed by atoms with Gasteiger partial charge in [-0.25, -0.2) is 4.79 Å². The molecule has 2 fully saturated rings. The van der Waals surface area contributed by atoms with E-state index in [4.69, 9.17) is 5.73 Å². The first-order valence-electron chi connectivity index (χ1n) is 6.89. The monoisotopic (exact) mass is 260 g/mol. The predicted molar refractivity (Wildman–Crippen MR) is 76.2 cm³/mol. The lowest BCUT2D eigenvalue weighted by Crippen LogP contribution is -2.46. The van der Waals surface area contributed by atoms with Gasteiger partial charge in [0.15, 0.2) is 0 Å². The van der Waals surface area contributed by atoms with Gasteiger partial charge >= 0.3 is 6.03 Å². The second-order valence-corrected chi connectivity index (χ2v) is 5.20. The molecule has 0 radical (unpaired) electrons. The summed E-state index contributed by atoms with van der Waals surface area (Å²) in [5, 5.41) is 2.87. The predicted octanol–water partition coefficient (Wildman–Crippen LogP) is 1.26. The molecule has 2 saturated heterocycles. The molecule has 3 N–H and O–H groups in total. The number of para-hydroxylation sites is 2. The fourth-order valence-electron chi connectivity index (χ4n) is 3.03. The SMILES string of the molecule is Nc1ccccc1N1CCC(N2CCNC2=O)CC1. The van der Waals surface area contributed by atoms with Gasteiger partial charge < -0.3 is 20.9 Å². The fraction of sp³-hybridized carbons (Fsp3) is 0.500. The summed E-state index contributed by atoms with van der Waals surface area (Å²) in [6.45, 7) is 3.55. The number of piperidine rings is 1. The van der Waals surface area contributed by atoms with Crippen molar-refractivity contribution in [3.8, 4) is 0 Å². The number of rotatable bonds is 2. The first-order valence-corrected chi connectivity index (χ1v) is 6.89. The van der Waals surface area contributed by atoms with Crippen molar-refractivity contribution < 1.29 is 4.79 Å². The van der Waals surface area contributed by atoms with Crippen molar-refractivity contribution in [3.05, 3.63) is 24.3 Å². The van der Waals surface area contributed by atoms with Crippen molar-refractivity contribution in [3.63, 3.8) is 0 Å². The highest BCUT2D eigenvalue weighted by atomic mass is 16.2. The Balaban J connectivity index is 1.63. The Labute approximate surface area is 113 Å². The quantitative estimate of drug-likeness (QED) is 0.787. The number of nitrogen functional groups attached to an aromatic ring is 1. The zero-order chi connectivity index (χ0) is 13.2. The van der Waals surface area contributed by atoms with Crippen molar-refractivity contribution in [1.29, 1.82) is 0 Å². The second-order valence-electron chi connectivity index (χ2n) is 5.20. The van der Waals surface area contributed by atoms with Crippen LogP contribution < -0.4 is 16.0 Å². The van der Waals surface area contributed by atoms with Gasteiger partial charge in [-0.2, -0.15) is 0 Å². The van der Waals surface area contributed by atoms with Gasteiger partial charge in [0.05, 0.1) is 11.4 Å². The van der Waals surface area contributed by atoms with E-state index in [0.29, 0.717) is 6.04 Å². The molecule has 0 spiro atoms. The zero-order valence-corrected chi connectivity index (χ0v) is 11.0. The zero-order valence-electron chi connectivity index (χ0n) is 11.0. The van der Waals surface area contributed by atoms with Crippen LogP contribution in [0.2, 0.25) is 0 Å². The average Bonchev–Trinajstić information content (AvgIpc) is 2.86. The Kier molecular flexibility index (Phi) is 3.19. The Hall–Kier alpha value is -1.91. The van der Waals surface area contributed by atoms with Gasteiger partial charge in [0.2, 0.25) is 0 Å². The lowest BCUT2D eigenvalue weighted by molar-refractivity contribution is 0.186. The maximum atomic E-state index is 11.7. The molecule has 3 rings (SSSR count). The average molecular weight is 260 g/mol. The van der Waals surface area contributed by atoms with Crippen molar-refractivity contribution >= 4 is 17.4 Å². The number of hydrogen-bond acceptors (Lipinski definition) is 3. The van der Waals surface area contributed by atoms with Crippen LogP contribution in [0.4, 0.5) is 16.2 Å². The number of benzene rings is 1. The van der Waals surface area contributed by atoms with Crippen LogP contribution >= 0.6 is 0 Å². The molecule has 2 aliphatic heterocycles. The first-order chi connectivity index (χ1) is 9.25. The molecule has 102 valence electrons. The van der Waals surface area contributed by atoms with Crippen LogP contribution in [0, 0.1) is 0 Å². The van der Waals surface area contributed by atoms with E-state index in [9.17, 15) is 4.79 Å². The van der Waals surface area contributed by atoms with Gasteiger partial charge in [-0.15, -0.1) is 0 Å². The Morgan fingerprint density at radius 1 is 1.16 bits per heavy atom. The molecule has 5 nitrogen and oxygen atoms in total. The van der Waals surface area contributed by atoms with E-state index in [-0.39, 0.29) is 6.03 Å². The fourth-order valence-corrected chi connectivity index (χ4v) is 3.03. The highest BCUT2D eigenvalue weighted by Gasteiger charge is 2.30. The van der Waals surface area contributed by atoms with Crippen molar-refractivity contribution in [2.45, 2.75) is 18.9 Å². The van der Waals surface area contributed by atoms with Crippen LogP contribution in [0.1, 0.15) is 12.8 Å². The number of anilines is 2. The number of nitrogens with one attached hydrogen (secondary N) is 1. The number of carbonyl (C=O) groups is 1. The molecule has 19 heavy (non-hydrogen) atoms. The number of nitrogens with two attached hydrogens (primary N) is 1. The van der Waals surface area contributed by atoms with Gasteiger partial charge in [-0.05, 0) is 25.0 Å². The molecule has 2 amide bonds. The molecule has 0 aliphatic carbocycles. The highest BCUT2D eigenvalue weighted by molar-refractivity contribution is 5.76. The molecule has 0 bridgehead atoms. The van der Waals surface area contributed by atoms with Gasteiger partial charge in [0.1, 0.15) is 0 Å². The third-order valence-corrected chi connectivity index (χ3v) is 4.07. The first kappa shape index (κ1) is 12.1. The maximum absolute atomic E-state index is 11.7. The Morgan fingerprint density at radius 2 is 1.89 bits per heavy atom. The summed E-state index contributed by atoms with van der Waals surface area (Å²) in [4.78, 5) is 16.0. The molecule has 2 heterocycles. The molecular weight excluding hydrogens is 240 g/mol. The largest absolute Gasteiger partial charge is 0.397 e. The molecule has 0 saturated carbocycles. The minimum absolute atomic E-state index is 0.0951. The van der Waals surface area contributed by atoms with Crippen LogP contribution in [-0.4, -0.2) is 43.2 Å². The third kappa shape index (κ3) is 2.32. The van der Waals surface area contributed by atoms with E-state index in [1.54, 1.807) is 0 Å². The number of nitrogens with zero attached hydrogens (tertiary/aromatic N) is 2. The summed E-state index contributed by atoms with van der Waals surface area (Å²) >= 11 is 0. The summed E-state index contributed by atoms with van der Waals surface area (Å²) in [6, 6.07) is 8.46. The molecule has 0 atom stereocenters. The third-order valence-electron chi connectivity index (χ3n) is 4.07. The number of carbonyl (C=O) groups excluding carboxylic acids is 1. The van der Waals surface area contributed by atoms with Gasteiger partial charge in [-0.3, -0.25) is 0 Å². The second kappa shape index (κ2) is 4.99. The van der Waals surface area contributed by atoms with Crippen LogP contribution in [0.25, 0.3) is 0 Å². The maximum Gasteiger partial charge on any atom is 0.317 e. The standard InChI is InChI=1S/C14H20N4O/c15-12-3-1-2-4-13(12)17-8-5-11(6-9-17)18-10-7-16-14(18)19/h1-4,11H,5-10,15H2,(H,16,19). The minimum Gasteiger partial charge on any atom is -0.397 e. The lowest BCUT2D eigenvalue weighted by atomic mass is 10.0.